The summed E-state index contributed by atoms with van der Waals surface area (Å²) in [5.41, 5.74) is 0.126. The molecule has 0 unspecified atom stereocenters. The Labute approximate surface area is 125 Å². The fourth-order valence-corrected chi connectivity index (χ4v) is 3.46. The molecule has 1 heterocycles. The van der Waals surface area contributed by atoms with E-state index >= 15 is 0 Å². The van der Waals surface area contributed by atoms with Crippen molar-refractivity contribution >= 4 is 17.4 Å². The third-order valence-corrected chi connectivity index (χ3v) is 4.83. The van der Waals surface area contributed by atoms with Crippen molar-refractivity contribution in [3.8, 4) is 0 Å². The second kappa shape index (κ2) is 4.84. The highest BCUT2D eigenvalue weighted by Gasteiger charge is 2.36. The molecule has 108 valence electrons. The lowest BCUT2D eigenvalue weighted by atomic mass is 10.3. The fourth-order valence-electron chi connectivity index (χ4n) is 2.45. The first-order chi connectivity index (χ1) is 10.2. The summed E-state index contributed by atoms with van der Waals surface area (Å²) in [5, 5.41) is 20.5. The van der Waals surface area contributed by atoms with Crippen LogP contribution in [0.1, 0.15) is 43.5 Å². The Bertz CT molecular complexity index is 707. The van der Waals surface area contributed by atoms with Crippen LogP contribution >= 0.6 is 11.8 Å². The molecule has 0 amide bonds. The number of para-hydroxylation sites is 1. The van der Waals surface area contributed by atoms with E-state index in [0.717, 1.165) is 23.8 Å². The monoisotopic (exact) mass is 302 g/mol. The van der Waals surface area contributed by atoms with Crippen LogP contribution in [0.5, 0.6) is 0 Å². The zero-order chi connectivity index (χ0) is 14.4. The predicted octanol–water partition coefficient (Wildman–Crippen LogP) is 3.55. The van der Waals surface area contributed by atoms with Crippen LogP contribution in [-0.4, -0.2) is 19.7 Å². The number of hydrogen-bond donors (Lipinski definition) is 0. The van der Waals surface area contributed by atoms with E-state index in [9.17, 15) is 10.1 Å². The molecule has 2 aromatic rings. The summed E-state index contributed by atoms with van der Waals surface area (Å²) >= 11 is 1.35. The molecule has 0 radical (unpaired) electrons. The summed E-state index contributed by atoms with van der Waals surface area (Å²) in [7, 11) is 0. The van der Waals surface area contributed by atoms with Crippen molar-refractivity contribution in [2.75, 3.05) is 0 Å². The molecule has 2 saturated carbocycles. The third kappa shape index (κ3) is 2.42. The van der Waals surface area contributed by atoms with Crippen LogP contribution in [0.25, 0.3) is 0 Å². The van der Waals surface area contributed by atoms with E-state index in [-0.39, 0.29) is 10.6 Å². The molecule has 0 saturated heterocycles. The first kappa shape index (κ1) is 12.8. The van der Waals surface area contributed by atoms with Crippen LogP contribution in [0.15, 0.2) is 34.3 Å². The smallest absolute Gasteiger partial charge is 0.283 e. The lowest BCUT2D eigenvalue weighted by Gasteiger charge is -2.08. The van der Waals surface area contributed by atoms with Crippen molar-refractivity contribution < 1.29 is 4.92 Å². The number of nitro groups is 1. The van der Waals surface area contributed by atoms with Crippen LogP contribution < -0.4 is 0 Å². The minimum atomic E-state index is -0.345. The van der Waals surface area contributed by atoms with E-state index in [0.29, 0.717) is 16.9 Å². The van der Waals surface area contributed by atoms with Crippen molar-refractivity contribution in [1.82, 2.24) is 14.8 Å². The number of benzene rings is 1. The molecule has 0 bridgehead atoms. The highest BCUT2D eigenvalue weighted by Crippen LogP contribution is 2.47. The van der Waals surface area contributed by atoms with Gasteiger partial charge in [-0.1, -0.05) is 12.1 Å². The highest BCUT2D eigenvalue weighted by molar-refractivity contribution is 7.99. The maximum atomic E-state index is 11.1. The quantitative estimate of drug-likeness (QED) is 0.623. The van der Waals surface area contributed by atoms with Gasteiger partial charge in [-0.3, -0.25) is 10.1 Å². The van der Waals surface area contributed by atoms with Crippen LogP contribution in [0.2, 0.25) is 0 Å². The summed E-state index contributed by atoms with van der Waals surface area (Å²) in [5.74, 6) is 1.61. The van der Waals surface area contributed by atoms with Gasteiger partial charge >= 0.3 is 0 Å². The van der Waals surface area contributed by atoms with E-state index < -0.39 is 0 Å². The Hall–Kier alpha value is -1.89. The summed E-state index contributed by atoms with van der Waals surface area (Å²) in [6.07, 6.45) is 4.67. The molecule has 0 atom stereocenters. The molecule has 1 aromatic heterocycles. The molecule has 2 fully saturated rings. The SMILES string of the molecule is O=[N+]([O-])c1ccccc1Sc1nnc(C2CC2)n1C1CC1. The molecule has 6 nitrogen and oxygen atoms in total. The van der Waals surface area contributed by atoms with Gasteiger partial charge < -0.3 is 4.57 Å². The minimum Gasteiger partial charge on any atom is -0.302 e. The summed E-state index contributed by atoms with van der Waals surface area (Å²) < 4.78 is 2.21. The number of hydrogen-bond acceptors (Lipinski definition) is 5. The van der Waals surface area contributed by atoms with E-state index in [1.54, 1.807) is 12.1 Å². The highest BCUT2D eigenvalue weighted by atomic mass is 32.2. The molecule has 7 heteroatoms. The van der Waals surface area contributed by atoms with Crippen molar-refractivity contribution in [3.05, 3.63) is 40.2 Å². The second-order valence-corrected chi connectivity index (χ2v) is 6.55. The number of nitrogens with zero attached hydrogens (tertiary/aromatic N) is 4. The van der Waals surface area contributed by atoms with E-state index in [2.05, 4.69) is 14.8 Å². The van der Waals surface area contributed by atoms with Crippen molar-refractivity contribution in [2.24, 2.45) is 0 Å². The van der Waals surface area contributed by atoms with Crippen molar-refractivity contribution in [1.29, 1.82) is 0 Å². The van der Waals surface area contributed by atoms with Gasteiger partial charge in [0.05, 0.1) is 9.82 Å². The van der Waals surface area contributed by atoms with Crippen molar-refractivity contribution in [2.45, 2.75) is 47.7 Å². The van der Waals surface area contributed by atoms with Gasteiger partial charge in [0.25, 0.3) is 5.69 Å². The zero-order valence-corrected chi connectivity index (χ0v) is 12.1. The van der Waals surface area contributed by atoms with Gasteiger partial charge in [-0.15, -0.1) is 10.2 Å². The standard InChI is InChI=1S/C14H14N4O2S/c19-18(20)11-3-1-2-4-12(11)21-14-16-15-13(9-5-6-9)17(14)10-7-8-10/h1-4,9-10H,5-8H2. The van der Waals surface area contributed by atoms with Crippen LogP contribution in [0.4, 0.5) is 5.69 Å². The summed E-state index contributed by atoms with van der Waals surface area (Å²) in [6.45, 7) is 0. The molecule has 0 aliphatic heterocycles. The first-order valence-electron chi connectivity index (χ1n) is 7.10. The molecule has 4 rings (SSSR count). The van der Waals surface area contributed by atoms with E-state index in [4.69, 9.17) is 0 Å². The summed E-state index contributed by atoms with van der Waals surface area (Å²) in [4.78, 5) is 11.4. The third-order valence-electron chi connectivity index (χ3n) is 3.81. The van der Waals surface area contributed by atoms with Crippen LogP contribution in [0.3, 0.4) is 0 Å². The number of nitro benzene ring substituents is 1. The molecule has 0 N–H and O–H groups in total. The largest absolute Gasteiger partial charge is 0.302 e. The van der Waals surface area contributed by atoms with Gasteiger partial charge in [0.1, 0.15) is 5.82 Å². The lowest BCUT2D eigenvalue weighted by Crippen LogP contribution is -2.02. The van der Waals surface area contributed by atoms with Gasteiger partial charge in [-0.25, -0.2) is 0 Å². The minimum absolute atomic E-state index is 0.126. The summed E-state index contributed by atoms with van der Waals surface area (Å²) in [6, 6.07) is 7.28. The van der Waals surface area contributed by atoms with Crippen LogP contribution in [-0.2, 0) is 0 Å². The average Bonchev–Trinajstić information content (AvgIpc) is 3.39. The second-order valence-electron chi connectivity index (χ2n) is 5.54. The number of aromatic nitrogens is 3. The number of rotatable bonds is 5. The Morgan fingerprint density at radius 3 is 2.62 bits per heavy atom. The Morgan fingerprint density at radius 2 is 1.95 bits per heavy atom. The average molecular weight is 302 g/mol. The predicted molar refractivity (Wildman–Crippen MR) is 77.5 cm³/mol. The molecule has 0 spiro atoms. The fraction of sp³-hybridized carbons (Fsp3) is 0.429. The molecule has 1 aromatic carbocycles. The van der Waals surface area contributed by atoms with Gasteiger partial charge in [-0.2, -0.15) is 0 Å². The maximum absolute atomic E-state index is 11.1. The Morgan fingerprint density at radius 1 is 1.19 bits per heavy atom. The first-order valence-corrected chi connectivity index (χ1v) is 7.92. The Balaban J connectivity index is 1.70. The van der Waals surface area contributed by atoms with Crippen LogP contribution in [0, 0.1) is 10.1 Å². The van der Waals surface area contributed by atoms with E-state index in [1.165, 1.54) is 30.7 Å². The molecule has 2 aliphatic carbocycles. The zero-order valence-electron chi connectivity index (χ0n) is 11.3. The van der Waals surface area contributed by atoms with Gasteiger partial charge in [-0.05, 0) is 43.5 Å². The lowest BCUT2D eigenvalue weighted by molar-refractivity contribution is -0.387. The molecule has 21 heavy (non-hydrogen) atoms. The van der Waals surface area contributed by atoms with E-state index in [1.807, 2.05) is 6.07 Å². The maximum Gasteiger partial charge on any atom is 0.283 e. The van der Waals surface area contributed by atoms with Crippen molar-refractivity contribution in [3.63, 3.8) is 0 Å². The van der Waals surface area contributed by atoms with Gasteiger partial charge in [0.2, 0.25) is 0 Å². The normalized spacial score (nSPS) is 17.9. The molecular formula is C14H14N4O2S. The van der Waals surface area contributed by atoms with Gasteiger partial charge in [0, 0.05) is 18.0 Å². The topological polar surface area (TPSA) is 73.8 Å². The Kier molecular flexibility index (Phi) is 2.95. The molecule has 2 aliphatic rings. The molecular weight excluding hydrogens is 288 g/mol. The van der Waals surface area contributed by atoms with Gasteiger partial charge in [0.15, 0.2) is 5.16 Å².